The summed E-state index contributed by atoms with van der Waals surface area (Å²) in [4.78, 5) is 10.3. The Hall–Kier alpha value is -1.32. The number of nitroso groups, excluding NO2 is 1. The quantitative estimate of drug-likeness (QED) is 0.474. The number of nitrogens with zero attached hydrogens (tertiary/aromatic N) is 1. The molecule has 0 saturated carbocycles. The smallest absolute Gasteiger partial charge is 0.378 e. The van der Waals surface area contributed by atoms with Crippen LogP contribution in [0.2, 0.25) is 0 Å². The molecule has 3 nitrogen and oxygen atoms in total. The fourth-order valence-corrected chi connectivity index (χ4v) is 1.59. The van der Waals surface area contributed by atoms with E-state index >= 15 is 0 Å². The van der Waals surface area contributed by atoms with E-state index in [1.165, 1.54) is 5.56 Å². The molecule has 0 radical (unpaired) electrons. The van der Waals surface area contributed by atoms with Crippen molar-refractivity contribution in [2.45, 2.75) is 6.32 Å². The zero-order valence-corrected chi connectivity index (χ0v) is 6.78. The molecule has 0 fully saturated rings. The first-order valence-corrected chi connectivity index (χ1v) is 3.85. The van der Waals surface area contributed by atoms with E-state index in [1.54, 1.807) is 7.11 Å². The standard InChI is InChI=1S/C8H8BNO2/c1-12-7-4-2-3-6-5-9(10-11)8(6)7/h2-4H,5H2,1H3. The third-order valence-corrected chi connectivity index (χ3v) is 2.25. The van der Waals surface area contributed by atoms with E-state index in [0.717, 1.165) is 17.5 Å². The molecule has 1 heterocycles. The Morgan fingerprint density at radius 1 is 1.58 bits per heavy atom. The molecule has 1 aromatic rings. The fraction of sp³-hybridized carbons (Fsp3) is 0.250. The highest BCUT2D eigenvalue weighted by Crippen LogP contribution is 2.21. The van der Waals surface area contributed by atoms with E-state index in [2.05, 4.69) is 5.09 Å². The average Bonchev–Trinajstić information content (AvgIpc) is 2.07. The predicted octanol–water partition coefficient (Wildman–Crippen LogP) is 0.755. The maximum Gasteiger partial charge on any atom is 0.378 e. The average molecular weight is 161 g/mol. The summed E-state index contributed by atoms with van der Waals surface area (Å²) in [7, 11) is 1.61. The summed E-state index contributed by atoms with van der Waals surface area (Å²) in [5, 5.41) is 3.01. The lowest BCUT2D eigenvalue weighted by atomic mass is 9.42. The highest BCUT2D eigenvalue weighted by Gasteiger charge is 2.35. The van der Waals surface area contributed by atoms with Gasteiger partial charge in [0.2, 0.25) is 0 Å². The molecule has 12 heavy (non-hydrogen) atoms. The van der Waals surface area contributed by atoms with Crippen molar-refractivity contribution in [3.05, 3.63) is 28.7 Å². The number of fused-ring (bicyclic) bond motifs is 1. The lowest BCUT2D eigenvalue weighted by Crippen LogP contribution is -2.45. The van der Waals surface area contributed by atoms with E-state index in [4.69, 9.17) is 4.74 Å². The number of methoxy groups -OCH3 is 1. The first-order chi connectivity index (χ1) is 5.86. The summed E-state index contributed by atoms with van der Waals surface area (Å²) in [5.41, 5.74) is 2.15. The molecule has 0 aromatic heterocycles. The number of rotatable bonds is 2. The van der Waals surface area contributed by atoms with Crippen molar-refractivity contribution in [2.75, 3.05) is 7.11 Å². The van der Waals surface area contributed by atoms with E-state index in [-0.39, 0.29) is 6.85 Å². The first kappa shape index (κ1) is 7.34. The number of hydrogen-bond donors (Lipinski definition) is 0. The van der Waals surface area contributed by atoms with Crippen LogP contribution in [0.15, 0.2) is 23.3 Å². The van der Waals surface area contributed by atoms with E-state index in [1.807, 2.05) is 18.2 Å². The van der Waals surface area contributed by atoms with Gasteiger partial charge >= 0.3 is 6.85 Å². The number of benzene rings is 1. The molecule has 0 saturated heterocycles. The minimum atomic E-state index is -0.184. The summed E-state index contributed by atoms with van der Waals surface area (Å²) < 4.78 is 5.11. The van der Waals surface area contributed by atoms with Crippen LogP contribution < -0.4 is 10.2 Å². The Balaban J connectivity index is 2.46. The monoisotopic (exact) mass is 161 g/mol. The largest absolute Gasteiger partial charge is 0.497 e. The number of hydrogen-bond acceptors (Lipinski definition) is 3. The maximum atomic E-state index is 10.3. The van der Waals surface area contributed by atoms with Gasteiger partial charge in [0.1, 0.15) is 5.75 Å². The lowest BCUT2D eigenvalue weighted by Gasteiger charge is -2.23. The van der Waals surface area contributed by atoms with Gasteiger partial charge < -0.3 is 4.74 Å². The maximum absolute atomic E-state index is 10.3. The van der Waals surface area contributed by atoms with Gasteiger partial charge in [-0.3, -0.25) is 0 Å². The van der Waals surface area contributed by atoms with Gasteiger partial charge in [0.15, 0.2) is 0 Å². The lowest BCUT2D eigenvalue weighted by molar-refractivity contribution is 0.417. The molecular formula is C8H8BNO2. The molecule has 0 amide bonds. The minimum absolute atomic E-state index is 0.184. The molecule has 0 N–H and O–H groups in total. The van der Waals surface area contributed by atoms with Gasteiger partial charge in [0, 0.05) is 0 Å². The van der Waals surface area contributed by atoms with Crippen LogP contribution in [0.25, 0.3) is 0 Å². The highest BCUT2D eigenvalue weighted by atomic mass is 16.5. The van der Waals surface area contributed by atoms with Gasteiger partial charge in [-0.25, -0.2) is 0 Å². The van der Waals surface area contributed by atoms with Gasteiger partial charge in [-0.05, 0) is 17.8 Å². The van der Waals surface area contributed by atoms with E-state index in [9.17, 15) is 4.91 Å². The molecule has 1 aliphatic rings. The molecule has 0 atom stereocenters. The van der Waals surface area contributed by atoms with E-state index < -0.39 is 0 Å². The third kappa shape index (κ3) is 0.842. The van der Waals surface area contributed by atoms with Gasteiger partial charge in [-0.15, -0.1) is 5.09 Å². The molecule has 1 aliphatic heterocycles. The molecule has 0 unspecified atom stereocenters. The van der Waals surface area contributed by atoms with Crippen molar-refractivity contribution >= 4 is 12.3 Å². The molecule has 1 aromatic carbocycles. The summed E-state index contributed by atoms with van der Waals surface area (Å²) in [6.07, 6.45) is 0.760. The van der Waals surface area contributed by atoms with Crippen LogP contribution in [0.1, 0.15) is 5.56 Å². The van der Waals surface area contributed by atoms with Crippen molar-refractivity contribution in [1.29, 1.82) is 0 Å². The third-order valence-electron chi connectivity index (χ3n) is 2.25. The topological polar surface area (TPSA) is 38.7 Å². The zero-order valence-electron chi connectivity index (χ0n) is 6.78. The first-order valence-electron chi connectivity index (χ1n) is 3.85. The summed E-state index contributed by atoms with van der Waals surface area (Å²) in [5.74, 6) is 0.781. The Morgan fingerprint density at radius 3 is 3.08 bits per heavy atom. The Kier molecular flexibility index (Phi) is 1.61. The van der Waals surface area contributed by atoms with Crippen molar-refractivity contribution in [3.63, 3.8) is 0 Å². The van der Waals surface area contributed by atoms with Gasteiger partial charge in [-0.1, -0.05) is 17.7 Å². The molecular weight excluding hydrogens is 153 g/mol. The predicted molar refractivity (Wildman–Crippen MR) is 47.9 cm³/mol. The van der Waals surface area contributed by atoms with Gasteiger partial charge in [0.25, 0.3) is 0 Å². The van der Waals surface area contributed by atoms with Crippen molar-refractivity contribution in [2.24, 2.45) is 5.09 Å². The Morgan fingerprint density at radius 2 is 2.42 bits per heavy atom. The van der Waals surface area contributed by atoms with Crippen LogP contribution in [-0.2, 0) is 6.32 Å². The zero-order chi connectivity index (χ0) is 8.55. The molecule has 2 rings (SSSR count). The van der Waals surface area contributed by atoms with Crippen LogP contribution in [0.5, 0.6) is 5.75 Å². The second kappa shape index (κ2) is 2.62. The van der Waals surface area contributed by atoms with Crippen LogP contribution in [0.3, 0.4) is 0 Å². The summed E-state index contributed by atoms with van der Waals surface area (Å²) in [6, 6.07) is 5.79. The summed E-state index contributed by atoms with van der Waals surface area (Å²) >= 11 is 0. The Labute approximate surface area is 70.8 Å². The highest BCUT2D eigenvalue weighted by molar-refractivity contribution is 6.76. The van der Waals surface area contributed by atoms with Crippen LogP contribution in [0.4, 0.5) is 0 Å². The fourth-order valence-electron chi connectivity index (χ4n) is 1.59. The molecule has 60 valence electrons. The molecule has 4 heteroatoms. The van der Waals surface area contributed by atoms with Gasteiger partial charge in [0.05, 0.1) is 7.11 Å². The Bertz CT molecular complexity index is 327. The summed E-state index contributed by atoms with van der Waals surface area (Å²) in [6.45, 7) is -0.184. The van der Waals surface area contributed by atoms with Crippen LogP contribution >= 0.6 is 0 Å². The van der Waals surface area contributed by atoms with E-state index in [0.29, 0.717) is 0 Å². The van der Waals surface area contributed by atoms with Gasteiger partial charge in [-0.2, -0.15) is 4.91 Å². The van der Waals surface area contributed by atoms with Crippen molar-refractivity contribution in [1.82, 2.24) is 0 Å². The minimum Gasteiger partial charge on any atom is -0.497 e. The molecule has 0 spiro atoms. The SMILES string of the molecule is COc1cccc2c1B(N=O)C2. The van der Waals surface area contributed by atoms with Crippen molar-refractivity contribution in [3.8, 4) is 5.75 Å². The number of ether oxygens (including phenoxy) is 1. The van der Waals surface area contributed by atoms with Crippen LogP contribution in [0, 0.1) is 4.91 Å². The molecule has 0 aliphatic carbocycles. The second-order valence-electron chi connectivity index (χ2n) is 2.86. The normalized spacial score (nSPS) is 13.2. The van der Waals surface area contributed by atoms with Crippen molar-refractivity contribution < 1.29 is 4.74 Å². The van der Waals surface area contributed by atoms with Crippen LogP contribution in [-0.4, -0.2) is 14.0 Å². The second-order valence-corrected chi connectivity index (χ2v) is 2.86. The molecule has 0 bridgehead atoms.